The van der Waals surface area contributed by atoms with Crippen LogP contribution in [0, 0.1) is 0 Å². The second kappa shape index (κ2) is 4.90. The summed E-state index contributed by atoms with van der Waals surface area (Å²) >= 11 is 0. The molecule has 0 aliphatic carbocycles. The van der Waals surface area contributed by atoms with Crippen molar-refractivity contribution in [2.75, 3.05) is 27.2 Å². The van der Waals surface area contributed by atoms with Crippen molar-refractivity contribution in [1.29, 1.82) is 0 Å². The first-order valence-electron chi connectivity index (χ1n) is 5.93. The number of nitrogens with one attached hydrogen (secondary N) is 1. The number of fused-ring (bicyclic) bond motifs is 1. The molecule has 0 spiro atoms. The zero-order valence-electron chi connectivity index (χ0n) is 10.5. The van der Waals surface area contributed by atoms with Gasteiger partial charge in [0.05, 0.1) is 5.56 Å². The number of halogens is 3. The molecule has 18 heavy (non-hydrogen) atoms. The van der Waals surface area contributed by atoms with Crippen molar-refractivity contribution in [2.24, 2.45) is 0 Å². The van der Waals surface area contributed by atoms with Gasteiger partial charge in [0, 0.05) is 25.6 Å². The van der Waals surface area contributed by atoms with Gasteiger partial charge in [-0.1, -0.05) is 6.07 Å². The highest BCUT2D eigenvalue weighted by Gasteiger charge is 2.32. The Kier molecular flexibility index (Phi) is 3.64. The Hall–Kier alpha value is -1.07. The molecule has 2 nitrogen and oxygen atoms in total. The van der Waals surface area contributed by atoms with E-state index in [1.54, 1.807) is 6.07 Å². The maximum atomic E-state index is 12.7. The van der Waals surface area contributed by atoms with E-state index in [1.807, 2.05) is 19.0 Å². The molecule has 0 amide bonds. The van der Waals surface area contributed by atoms with Crippen molar-refractivity contribution in [3.63, 3.8) is 0 Å². The molecule has 0 saturated heterocycles. The summed E-state index contributed by atoms with van der Waals surface area (Å²) in [7, 11) is 3.86. The summed E-state index contributed by atoms with van der Waals surface area (Å²) in [6.07, 6.45) is -4.26. The van der Waals surface area contributed by atoms with Gasteiger partial charge in [0.2, 0.25) is 0 Å². The lowest BCUT2D eigenvalue weighted by molar-refractivity contribution is -0.137. The van der Waals surface area contributed by atoms with E-state index < -0.39 is 11.7 Å². The van der Waals surface area contributed by atoms with Crippen LogP contribution in [-0.2, 0) is 12.7 Å². The molecule has 1 aliphatic heterocycles. The molecule has 0 bridgehead atoms. The van der Waals surface area contributed by atoms with Gasteiger partial charge in [-0.15, -0.1) is 0 Å². The Labute approximate surface area is 105 Å². The minimum absolute atomic E-state index is 0.117. The highest BCUT2D eigenvalue weighted by molar-refractivity contribution is 5.38. The average molecular weight is 258 g/mol. The first-order valence-corrected chi connectivity index (χ1v) is 5.93. The number of nitrogens with zero attached hydrogens (tertiary/aromatic N) is 1. The fourth-order valence-electron chi connectivity index (χ4n) is 2.41. The highest BCUT2D eigenvalue weighted by atomic mass is 19.4. The molecule has 1 heterocycles. The second-order valence-corrected chi connectivity index (χ2v) is 5.00. The van der Waals surface area contributed by atoms with Gasteiger partial charge in [0.25, 0.3) is 0 Å². The van der Waals surface area contributed by atoms with E-state index in [0.29, 0.717) is 6.54 Å². The van der Waals surface area contributed by atoms with Crippen molar-refractivity contribution in [3.8, 4) is 0 Å². The SMILES string of the molecule is CN(C)CC1CNCc2ccc(C(F)(F)F)cc21. The molecule has 1 N–H and O–H groups in total. The topological polar surface area (TPSA) is 15.3 Å². The highest BCUT2D eigenvalue weighted by Crippen LogP contribution is 2.33. The summed E-state index contributed by atoms with van der Waals surface area (Å²) in [6, 6.07) is 4.07. The summed E-state index contributed by atoms with van der Waals surface area (Å²) in [5.41, 5.74) is 1.25. The predicted molar refractivity (Wildman–Crippen MR) is 64.4 cm³/mol. The Morgan fingerprint density at radius 3 is 2.67 bits per heavy atom. The molecule has 100 valence electrons. The minimum atomic E-state index is -4.26. The number of hydrogen-bond donors (Lipinski definition) is 1. The Morgan fingerprint density at radius 2 is 2.06 bits per heavy atom. The second-order valence-electron chi connectivity index (χ2n) is 5.00. The third-order valence-corrected chi connectivity index (χ3v) is 3.20. The zero-order chi connectivity index (χ0) is 13.3. The summed E-state index contributed by atoms with van der Waals surface area (Å²) in [4.78, 5) is 2.00. The van der Waals surface area contributed by atoms with Gasteiger partial charge in [0.1, 0.15) is 0 Å². The maximum absolute atomic E-state index is 12.7. The molecule has 0 saturated carbocycles. The van der Waals surface area contributed by atoms with Crippen LogP contribution in [0.25, 0.3) is 0 Å². The molecule has 2 rings (SSSR count). The fourth-order valence-corrected chi connectivity index (χ4v) is 2.41. The summed E-state index contributed by atoms with van der Waals surface area (Å²) in [6.45, 7) is 2.13. The lowest BCUT2D eigenvalue weighted by Crippen LogP contribution is -2.34. The van der Waals surface area contributed by atoms with Gasteiger partial charge in [-0.2, -0.15) is 13.2 Å². The van der Waals surface area contributed by atoms with Crippen LogP contribution in [0.1, 0.15) is 22.6 Å². The minimum Gasteiger partial charge on any atom is -0.312 e. The van der Waals surface area contributed by atoms with Gasteiger partial charge in [-0.25, -0.2) is 0 Å². The molecule has 0 fully saturated rings. The van der Waals surface area contributed by atoms with Crippen LogP contribution in [0.2, 0.25) is 0 Å². The van der Waals surface area contributed by atoms with Crippen LogP contribution >= 0.6 is 0 Å². The molecule has 1 atom stereocenters. The summed E-state index contributed by atoms with van der Waals surface area (Å²) in [5.74, 6) is 0.117. The molecule has 1 aromatic rings. The number of alkyl halides is 3. The van der Waals surface area contributed by atoms with Crippen LogP contribution in [0.5, 0.6) is 0 Å². The van der Waals surface area contributed by atoms with Gasteiger partial charge >= 0.3 is 6.18 Å². The molecule has 1 aliphatic rings. The first kappa shape index (κ1) is 13.4. The van der Waals surface area contributed by atoms with E-state index in [2.05, 4.69) is 5.32 Å². The van der Waals surface area contributed by atoms with Gasteiger partial charge in [-0.05, 0) is 37.4 Å². The molecule has 1 unspecified atom stereocenters. The van der Waals surface area contributed by atoms with Crippen LogP contribution < -0.4 is 5.32 Å². The van der Waals surface area contributed by atoms with Crippen LogP contribution in [-0.4, -0.2) is 32.1 Å². The van der Waals surface area contributed by atoms with Crippen LogP contribution in [0.3, 0.4) is 0 Å². The largest absolute Gasteiger partial charge is 0.416 e. The van der Waals surface area contributed by atoms with Crippen molar-refractivity contribution in [1.82, 2.24) is 10.2 Å². The van der Waals surface area contributed by atoms with E-state index in [9.17, 15) is 13.2 Å². The quantitative estimate of drug-likeness (QED) is 0.876. The fraction of sp³-hybridized carbons (Fsp3) is 0.538. The summed E-state index contributed by atoms with van der Waals surface area (Å²) < 4.78 is 38.2. The molecular weight excluding hydrogens is 241 g/mol. The Morgan fingerprint density at radius 1 is 1.33 bits per heavy atom. The molecule has 0 aromatic heterocycles. The lowest BCUT2D eigenvalue weighted by atomic mass is 9.89. The van der Waals surface area contributed by atoms with E-state index in [-0.39, 0.29) is 5.92 Å². The van der Waals surface area contributed by atoms with Crippen molar-refractivity contribution in [3.05, 3.63) is 34.9 Å². The average Bonchev–Trinajstić information content (AvgIpc) is 2.27. The molecule has 0 radical (unpaired) electrons. The Balaban J connectivity index is 2.35. The van der Waals surface area contributed by atoms with Crippen LogP contribution in [0.4, 0.5) is 13.2 Å². The van der Waals surface area contributed by atoms with Crippen molar-refractivity contribution in [2.45, 2.75) is 18.6 Å². The van der Waals surface area contributed by atoms with Gasteiger partial charge in [-0.3, -0.25) is 0 Å². The third kappa shape index (κ3) is 2.84. The monoisotopic (exact) mass is 258 g/mol. The van der Waals surface area contributed by atoms with E-state index >= 15 is 0 Å². The zero-order valence-corrected chi connectivity index (χ0v) is 10.5. The smallest absolute Gasteiger partial charge is 0.312 e. The molecule has 5 heteroatoms. The van der Waals surface area contributed by atoms with Gasteiger partial charge in [0.15, 0.2) is 0 Å². The van der Waals surface area contributed by atoms with Crippen LogP contribution in [0.15, 0.2) is 18.2 Å². The van der Waals surface area contributed by atoms with E-state index in [4.69, 9.17) is 0 Å². The van der Waals surface area contributed by atoms with E-state index in [1.165, 1.54) is 12.1 Å². The van der Waals surface area contributed by atoms with E-state index in [0.717, 1.165) is 24.2 Å². The molecule has 1 aromatic carbocycles. The van der Waals surface area contributed by atoms with Crippen molar-refractivity contribution >= 4 is 0 Å². The first-order chi connectivity index (χ1) is 8.38. The number of hydrogen-bond acceptors (Lipinski definition) is 2. The number of rotatable bonds is 2. The Bertz CT molecular complexity index is 427. The predicted octanol–water partition coefficient (Wildman–Crippen LogP) is 2.45. The third-order valence-electron chi connectivity index (χ3n) is 3.20. The van der Waals surface area contributed by atoms with Crippen molar-refractivity contribution < 1.29 is 13.2 Å². The summed E-state index contributed by atoms with van der Waals surface area (Å²) in [5, 5.41) is 3.25. The lowest BCUT2D eigenvalue weighted by Gasteiger charge is -2.29. The standard InChI is InChI=1S/C13H17F3N2/c1-18(2)8-10-7-17-6-9-3-4-11(5-12(9)10)13(14,15)16/h3-5,10,17H,6-8H2,1-2H3. The normalized spacial score (nSPS) is 20.0. The number of benzene rings is 1. The van der Waals surface area contributed by atoms with Gasteiger partial charge < -0.3 is 10.2 Å². The maximum Gasteiger partial charge on any atom is 0.416 e. The molecular formula is C13H17F3N2. The number of likely N-dealkylation sites (N-methyl/N-ethyl adjacent to an activating group) is 1.